The predicted molar refractivity (Wildman–Crippen MR) is 101 cm³/mol. The summed E-state index contributed by atoms with van der Waals surface area (Å²) in [6, 6.07) is 11.3. The number of hydrogen-bond acceptors (Lipinski definition) is 3. The number of nitrogens with zero attached hydrogens (tertiary/aromatic N) is 2. The van der Waals surface area contributed by atoms with E-state index in [4.69, 9.17) is 0 Å². The number of carbonyl (C=O) groups excluding carboxylic acids is 2. The minimum atomic E-state index is -0.200. The smallest absolute Gasteiger partial charge is 0.272 e. The molecule has 2 amide bonds. The van der Waals surface area contributed by atoms with E-state index in [9.17, 15) is 9.59 Å². The van der Waals surface area contributed by atoms with Gasteiger partial charge in [-0.05, 0) is 43.4 Å². The maximum absolute atomic E-state index is 12.7. The third-order valence-corrected chi connectivity index (χ3v) is 4.76. The highest BCUT2D eigenvalue weighted by atomic mass is 16.2. The van der Waals surface area contributed by atoms with E-state index in [1.54, 1.807) is 12.1 Å². The van der Waals surface area contributed by atoms with Crippen LogP contribution in [0.25, 0.3) is 0 Å². The molecule has 1 aromatic carbocycles. The molecular weight excluding hydrogens is 326 g/mol. The topological polar surface area (TPSA) is 62.3 Å². The minimum Gasteiger partial charge on any atom is -0.348 e. The van der Waals surface area contributed by atoms with Gasteiger partial charge in [0.2, 0.25) is 0 Å². The molecule has 1 fully saturated rings. The van der Waals surface area contributed by atoms with Gasteiger partial charge in [0.25, 0.3) is 11.8 Å². The van der Waals surface area contributed by atoms with Crippen molar-refractivity contribution in [2.45, 2.75) is 33.2 Å². The number of pyridine rings is 1. The van der Waals surface area contributed by atoms with Crippen LogP contribution in [-0.4, -0.2) is 34.8 Å². The highest BCUT2D eigenvalue weighted by molar-refractivity contribution is 5.98. The van der Waals surface area contributed by atoms with Crippen molar-refractivity contribution in [1.29, 1.82) is 0 Å². The Morgan fingerprint density at radius 1 is 1.23 bits per heavy atom. The van der Waals surface area contributed by atoms with Crippen molar-refractivity contribution in [2.75, 3.05) is 13.1 Å². The molecular formula is C21H25N3O2. The second-order valence-electron chi connectivity index (χ2n) is 7.10. The summed E-state index contributed by atoms with van der Waals surface area (Å²) in [5.41, 5.74) is 3.02. The summed E-state index contributed by atoms with van der Waals surface area (Å²) in [5.74, 6) is 0.215. The van der Waals surface area contributed by atoms with E-state index in [-0.39, 0.29) is 11.8 Å². The molecule has 0 aliphatic carbocycles. The quantitative estimate of drug-likeness (QED) is 0.920. The Kier molecular flexibility index (Phi) is 5.66. The first-order chi connectivity index (χ1) is 12.5. The van der Waals surface area contributed by atoms with Crippen LogP contribution in [0.2, 0.25) is 0 Å². The van der Waals surface area contributed by atoms with Crippen LogP contribution in [0.4, 0.5) is 0 Å². The molecule has 1 aromatic heterocycles. The van der Waals surface area contributed by atoms with E-state index in [2.05, 4.69) is 17.2 Å². The Bertz CT molecular complexity index is 786. The molecule has 0 bridgehead atoms. The molecule has 2 aromatic rings. The van der Waals surface area contributed by atoms with E-state index < -0.39 is 0 Å². The van der Waals surface area contributed by atoms with Gasteiger partial charge in [-0.3, -0.25) is 14.6 Å². The van der Waals surface area contributed by atoms with E-state index in [1.807, 2.05) is 36.1 Å². The minimum absolute atomic E-state index is 0.0928. The van der Waals surface area contributed by atoms with E-state index in [0.29, 0.717) is 23.7 Å². The lowest BCUT2D eigenvalue weighted by molar-refractivity contribution is 0.0677. The van der Waals surface area contributed by atoms with E-state index in [1.165, 1.54) is 11.8 Å². The first kappa shape index (κ1) is 18.1. The van der Waals surface area contributed by atoms with Gasteiger partial charge in [-0.15, -0.1) is 0 Å². The maximum Gasteiger partial charge on any atom is 0.272 e. The molecule has 1 atom stereocenters. The molecule has 1 aliphatic heterocycles. The standard InChI is InChI=1S/C21H25N3O2/c1-15-5-7-17(8-6-15)13-23-20(25)18-9-10-22-19(12-18)21(26)24-11-3-4-16(2)14-24/h5-10,12,16H,3-4,11,13-14H2,1-2H3,(H,23,25). The van der Waals surface area contributed by atoms with E-state index in [0.717, 1.165) is 31.5 Å². The summed E-state index contributed by atoms with van der Waals surface area (Å²) in [6.45, 7) is 6.15. The molecule has 0 saturated carbocycles. The van der Waals surface area contributed by atoms with Gasteiger partial charge in [-0.25, -0.2) is 0 Å². The lowest BCUT2D eigenvalue weighted by Gasteiger charge is -2.30. The fraction of sp³-hybridized carbons (Fsp3) is 0.381. The van der Waals surface area contributed by atoms with Crippen LogP contribution < -0.4 is 5.32 Å². The van der Waals surface area contributed by atoms with E-state index >= 15 is 0 Å². The number of nitrogens with one attached hydrogen (secondary N) is 1. The SMILES string of the molecule is Cc1ccc(CNC(=O)c2ccnc(C(=O)N3CCCC(C)C3)c2)cc1. The van der Waals surface area contributed by atoms with Gasteiger partial charge in [0.15, 0.2) is 0 Å². The van der Waals surface area contributed by atoms with Crippen LogP contribution >= 0.6 is 0 Å². The summed E-state index contributed by atoms with van der Waals surface area (Å²) in [7, 11) is 0. The number of benzene rings is 1. The van der Waals surface area contributed by atoms with Gasteiger partial charge in [0.05, 0.1) is 0 Å². The molecule has 5 nitrogen and oxygen atoms in total. The van der Waals surface area contributed by atoms with Crippen molar-refractivity contribution < 1.29 is 9.59 Å². The molecule has 0 radical (unpaired) electrons. The number of rotatable bonds is 4. The molecule has 1 N–H and O–H groups in total. The van der Waals surface area contributed by atoms with Crippen molar-refractivity contribution in [3.05, 3.63) is 65.0 Å². The number of aromatic nitrogens is 1. The average molecular weight is 351 g/mol. The Morgan fingerprint density at radius 3 is 2.73 bits per heavy atom. The summed E-state index contributed by atoms with van der Waals surface area (Å²) < 4.78 is 0. The number of carbonyl (C=O) groups is 2. The van der Waals surface area contributed by atoms with Gasteiger partial charge >= 0.3 is 0 Å². The number of aryl methyl sites for hydroxylation is 1. The van der Waals surface area contributed by atoms with Crippen molar-refractivity contribution in [3.63, 3.8) is 0 Å². The predicted octanol–water partition coefficient (Wildman–Crippen LogP) is 3.19. The first-order valence-electron chi connectivity index (χ1n) is 9.12. The third-order valence-electron chi connectivity index (χ3n) is 4.76. The van der Waals surface area contributed by atoms with Crippen molar-refractivity contribution in [1.82, 2.24) is 15.2 Å². The second-order valence-corrected chi connectivity index (χ2v) is 7.10. The zero-order chi connectivity index (χ0) is 18.5. The average Bonchev–Trinajstić information content (AvgIpc) is 2.67. The van der Waals surface area contributed by atoms with Gasteiger partial charge in [0.1, 0.15) is 5.69 Å². The largest absolute Gasteiger partial charge is 0.348 e. The van der Waals surface area contributed by atoms with Gasteiger partial charge in [-0.1, -0.05) is 36.8 Å². The molecule has 1 unspecified atom stereocenters. The Morgan fingerprint density at radius 2 is 2.00 bits per heavy atom. The van der Waals surface area contributed by atoms with Crippen LogP contribution in [-0.2, 0) is 6.54 Å². The summed E-state index contributed by atoms with van der Waals surface area (Å²) in [5, 5.41) is 2.90. The zero-order valence-electron chi connectivity index (χ0n) is 15.4. The summed E-state index contributed by atoms with van der Waals surface area (Å²) >= 11 is 0. The molecule has 1 saturated heterocycles. The summed E-state index contributed by atoms with van der Waals surface area (Å²) in [6.07, 6.45) is 3.70. The van der Waals surface area contributed by atoms with Crippen LogP contribution in [0.15, 0.2) is 42.6 Å². The monoisotopic (exact) mass is 351 g/mol. The fourth-order valence-corrected chi connectivity index (χ4v) is 3.21. The first-order valence-corrected chi connectivity index (χ1v) is 9.12. The molecule has 26 heavy (non-hydrogen) atoms. The van der Waals surface area contributed by atoms with Gasteiger partial charge in [0, 0.05) is 31.4 Å². The zero-order valence-corrected chi connectivity index (χ0v) is 15.4. The molecule has 5 heteroatoms. The molecule has 1 aliphatic rings. The van der Waals surface area contributed by atoms with Crippen molar-refractivity contribution >= 4 is 11.8 Å². The maximum atomic E-state index is 12.7. The van der Waals surface area contributed by atoms with Crippen LogP contribution in [0.3, 0.4) is 0 Å². The summed E-state index contributed by atoms with van der Waals surface area (Å²) in [4.78, 5) is 31.1. The second kappa shape index (κ2) is 8.13. The van der Waals surface area contributed by atoms with Crippen molar-refractivity contribution in [2.24, 2.45) is 5.92 Å². The lowest BCUT2D eigenvalue weighted by Crippen LogP contribution is -2.39. The van der Waals surface area contributed by atoms with Crippen LogP contribution in [0.5, 0.6) is 0 Å². The Labute approximate surface area is 154 Å². The fourth-order valence-electron chi connectivity index (χ4n) is 3.21. The number of amides is 2. The third kappa shape index (κ3) is 4.48. The number of hydrogen-bond donors (Lipinski definition) is 1. The molecule has 3 rings (SSSR count). The Hall–Kier alpha value is -2.69. The Balaban J connectivity index is 1.65. The van der Waals surface area contributed by atoms with Gasteiger partial charge in [-0.2, -0.15) is 0 Å². The van der Waals surface area contributed by atoms with Crippen LogP contribution in [0, 0.1) is 12.8 Å². The number of piperidine rings is 1. The molecule has 136 valence electrons. The van der Waals surface area contributed by atoms with Gasteiger partial charge < -0.3 is 10.2 Å². The lowest BCUT2D eigenvalue weighted by atomic mass is 10.00. The highest BCUT2D eigenvalue weighted by Crippen LogP contribution is 2.17. The normalized spacial score (nSPS) is 17.0. The molecule has 2 heterocycles. The highest BCUT2D eigenvalue weighted by Gasteiger charge is 2.23. The van der Waals surface area contributed by atoms with Crippen molar-refractivity contribution in [3.8, 4) is 0 Å². The van der Waals surface area contributed by atoms with Crippen LogP contribution in [0.1, 0.15) is 51.7 Å². The number of likely N-dealkylation sites (tertiary alicyclic amines) is 1. The molecule has 0 spiro atoms.